The van der Waals surface area contributed by atoms with Crippen LogP contribution >= 0.6 is 31.9 Å². The van der Waals surface area contributed by atoms with Gasteiger partial charge in [0, 0.05) is 10.0 Å². The number of ketones is 1. The smallest absolute Gasteiger partial charge is 0.196 e. The van der Waals surface area contributed by atoms with Crippen LogP contribution in [0.4, 0.5) is 0 Å². The number of ether oxygens (including phenoxy) is 2. The van der Waals surface area contributed by atoms with Crippen molar-refractivity contribution in [3.8, 4) is 11.5 Å². The third-order valence-corrected chi connectivity index (χ3v) is 4.01. The molecule has 21 heavy (non-hydrogen) atoms. The van der Waals surface area contributed by atoms with E-state index in [2.05, 4.69) is 31.9 Å². The highest BCUT2D eigenvalue weighted by atomic mass is 79.9. The Bertz CT molecular complexity index is 669. The largest absolute Gasteiger partial charge is 0.496 e. The van der Waals surface area contributed by atoms with Gasteiger partial charge in [0.05, 0.1) is 23.8 Å². The minimum absolute atomic E-state index is 0.0943. The Morgan fingerprint density at radius 1 is 1.10 bits per heavy atom. The molecule has 0 saturated heterocycles. The lowest BCUT2D eigenvalue weighted by atomic mass is 10.0. The Morgan fingerprint density at radius 2 is 1.81 bits per heavy atom. The Morgan fingerprint density at radius 3 is 2.43 bits per heavy atom. The van der Waals surface area contributed by atoms with Gasteiger partial charge in [-0.1, -0.05) is 15.9 Å². The van der Waals surface area contributed by atoms with Crippen LogP contribution in [0, 0.1) is 0 Å². The lowest BCUT2D eigenvalue weighted by Crippen LogP contribution is -2.06. The molecule has 5 heteroatoms. The molecule has 0 N–H and O–H groups in total. The van der Waals surface area contributed by atoms with Crippen molar-refractivity contribution < 1.29 is 14.3 Å². The van der Waals surface area contributed by atoms with Gasteiger partial charge in [-0.05, 0) is 59.3 Å². The maximum Gasteiger partial charge on any atom is 0.196 e. The zero-order valence-corrected chi connectivity index (χ0v) is 14.8. The molecule has 0 heterocycles. The number of carbonyl (C=O) groups excluding carboxylic acids is 1. The third-order valence-electron chi connectivity index (χ3n) is 2.90. The number of halogens is 2. The molecule has 0 amide bonds. The first kappa shape index (κ1) is 16.0. The van der Waals surface area contributed by atoms with Crippen LogP contribution in [0.3, 0.4) is 0 Å². The van der Waals surface area contributed by atoms with Gasteiger partial charge in [0.2, 0.25) is 0 Å². The zero-order chi connectivity index (χ0) is 15.4. The molecule has 0 fully saturated rings. The molecule has 0 spiro atoms. The Labute approximate surface area is 140 Å². The molecule has 0 radical (unpaired) electrons. The highest BCUT2D eigenvalue weighted by Crippen LogP contribution is 2.29. The van der Waals surface area contributed by atoms with Gasteiger partial charge in [-0.25, -0.2) is 0 Å². The van der Waals surface area contributed by atoms with Crippen molar-refractivity contribution >= 4 is 37.6 Å². The van der Waals surface area contributed by atoms with Gasteiger partial charge in [-0.15, -0.1) is 0 Å². The number of hydrogen-bond acceptors (Lipinski definition) is 3. The summed E-state index contributed by atoms with van der Waals surface area (Å²) in [5.41, 5.74) is 1.10. The molecule has 0 aliphatic rings. The van der Waals surface area contributed by atoms with E-state index in [1.54, 1.807) is 37.4 Å². The van der Waals surface area contributed by atoms with E-state index in [1.165, 1.54) is 0 Å². The quantitative estimate of drug-likeness (QED) is 0.657. The molecule has 0 saturated carbocycles. The van der Waals surface area contributed by atoms with Crippen molar-refractivity contribution in [3.63, 3.8) is 0 Å². The Kier molecular flexibility index (Phi) is 5.42. The maximum absolute atomic E-state index is 12.7. The molecule has 0 unspecified atom stereocenters. The first-order valence-corrected chi connectivity index (χ1v) is 7.96. The van der Waals surface area contributed by atoms with Crippen LogP contribution in [-0.2, 0) is 0 Å². The summed E-state index contributed by atoms with van der Waals surface area (Å²) in [6.45, 7) is 2.40. The molecule has 2 aromatic carbocycles. The van der Waals surface area contributed by atoms with Gasteiger partial charge >= 0.3 is 0 Å². The topological polar surface area (TPSA) is 35.5 Å². The summed E-state index contributed by atoms with van der Waals surface area (Å²) in [4.78, 5) is 12.7. The summed E-state index contributed by atoms with van der Waals surface area (Å²) in [6.07, 6.45) is 0. The number of carbonyl (C=O) groups is 1. The highest BCUT2D eigenvalue weighted by Gasteiger charge is 2.16. The van der Waals surface area contributed by atoms with E-state index in [0.29, 0.717) is 29.2 Å². The van der Waals surface area contributed by atoms with E-state index in [1.807, 2.05) is 13.0 Å². The van der Waals surface area contributed by atoms with Crippen LogP contribution in [0.1, 0.15) is 22.8 Å². The van der Waals surface area contributed by atoms with Crippen LogP contribution in [0.15, 0.2) is 45.3 Å². The summed E-state index contributed by atoms with van der Waals surface area (Å²) < 4.78 is 12.3. The number of benzene rings is 2. The van der Waals surface area contributed by atoms with Crippen LogP contribution in [0.25, 0.3) is 0 Å². The molecule has 110 valence electrons. The summed E-state index contributed by atoms with van der Waals surface area (Å²) >= 11 is 6.78. The minimum atomic E-state index is -0.0943. The number of hydrogen-bond donors (Lipinski definition) is 0. The van der Waals surface area contributed by atoms with Gasteiger partial charge in [0.25, 0.3) is 0 Å². The predicted molar refractivity (Wildman–Crippen MR) is 89.4 cm³/mol. The van der Waals surface area contributed by atoms with Gasteiger partial charge in [0.15, 0.2) is 5.78 Å². The second kappa shape index (κ2) is 7.09. The van der Waals surface area contributed by atoms with E-state index in [-0.39, 0.29) is 5.78 Å². The molecular weight excluding hydrogens is 400 g/mol. The van der Waals surface area contributed by atoms with Crippen molar-refractivity contribution in [2.24, 2.45) is 0 Å². The molecule has 0 aromatic heterocycles. The van der Waals surface area contributed by atoms with E-state index in [4.69, 9.17) is 9.47 Å². The summed E-state index contributed by atoms with van der Waals surface area (Å²) in [6, 6.07) is 10.7. The standard InChI is InChI=1S/C16H14Br2O3/c1-3-21-14-7-5-11(17)9-12(14)16(19)10-4-6-15(20-2)13(18)8-10/h4-9H,3H2,1-2H3. The molecule has 0 aliphatic carbocycles. The molecule has 0 atom stereocenters. The average Bonchev–Trinajstić information content (AvgIpc) is 2.48. The van der Waals surface area contributed by atoms with Crippen molar-refractivity contribution in [2.75, 3.05) is 13.7 Å². The van der Waals surface area contributed by atoms with Crippen LogP contribution < -0.4 is 9.47 Å². The fourth-order valence-corrected chi connectivity index (χ4v) is 2.83. The zero-order valence-electron chi connectivity index (χ0n) is 11.7. The first-order valence-electron chi connectivity index (χ1n) is 6.37. The van der Waals surface area contributed by atoms with Crippen molar-refractivity contribution in [2.45, 2.75) is 6.92 Å². The van der Waals surface area contributed by atoms with Gasteiger partial charge in [-0.2, -0.15) is 0 Å². The number of methoxy groups -OCH3 is 1. The summed E-state index contributed by atoms with van der Waals surface area (Å²) in [7, 11) is 1.59. The van der Waals surface area contributed by atoms with E-state index in [0.717, 1.165) is 8.95 Å². The third kappa shape index (κ3) is 3.66. The first-order chi connectivity index (χ1) is 10.1. The lowest BCUT2D eigenvalue weighted by molar-refractivity contribution is 0.103. The SMILES string of the molecule is CCOc1ccc(Br)cc1C(=O)c1ccc(OC)c(Br)c1. The average molecular weight is 414 g/mol. The fourth-order valence-electron chi connectivity index (χ4n) is 1.92. The molecular formula is C16H14Br2O3. The Hall–Kier alpha value is -1.33. The van der Waals surface area contributed by atoms with Gasteiger partial charge < -0.3 is 9.47 Å². The highest BCUT2D eigenvalue weighted by molar-refractivity contribution is 9.10. The van der Waals surface area contributed by atoms with E-state index >= 15 is 0 Å². The summed E-state index contributed by atoms with van der Waals surface area (Å²) in [5, 5.41) is 0. The molecule has 3 nitrogen and oxygen atoms in total. The normalized spacial score (nSPS) is 10.3. The fraction of sp³-hybridized carbons (Fsp3) is 0.188. The molecule has 0 bridgehead atoms. The monoisotopic (exact) mass is 412 g/mol. The lowest BCUT2D eigenvalue weighted by Gasteiger charge is -2.11. The van der Waals surface area contributed by atoms with Gasteiger partial charge in [0.1, 0.15) is 11.5 Å². The van der Waals surface area contributed by atoms with Crippen molar-refractivity contribution in [1.29, 1.82) is 0 Å². The van der Waals surface area contributed by atoms with Crippen LogP contribution in [-0.4, -0.2) is 19.5 Å². The van der Waals surface area contributed by atoms with Crippen molar-refractivity contribution in [1.82, 2.24) is 0 Å². The second-order valence-electron chi connectivity index (χ2n) is 4.25. The summed E-state index contributed by atoms with van der Waals surface area (Å²) in [5.74, 6) is 1.17. The van der Waals surface area contributed by atoms with E-state index in [9.17, 15) is 4.79 Å². The Balaban J connectivity index is 2.44. The van der Waals surface area contributed by atoms with Gasteiger partial charge in [-0.3, -0.25) is 4.79 Å². The molecule has 2 rings (SSSR count). The number of rotatable bonds is 5. The predicted octanol–water partition coefficient (Wildman–Crippen LogP) is 4.85. The van der Waals surface area contributed by atoms with Crippen molar-refractivity contribution in [3.05, 3.63) is 56.5 Å². The molecule has 2 aromatic rings. The van der Waals surface area contributed by atoms with Crippen LogP contribution in [0.2, 0.25) is 0 Å². The van der Waals surface area contributed by atoms with E-state index < -0.39 is 0 Å². The minimum Gasteiger partial charge on any atom is -0.496 e. The second-order valence-corrected chi connectivity index (χ2v) is 6.02. The maximum atomic E-state index is 12.7. The molecule has 0 aliphatic heterocycles. The van der Waals surface area contributed by atoms with Crippen LogP contribution in [0.5, 0.6) is 11.5 Å².